The maximum absolute atomic E-state index is 9.41. The summed E-state index contributed by atoms with van der Waals surface area (Å²) in [5.41, 5.74) is -0.137. The number of ether oxygens (including phenoxy) is 1. The van der Waals surface area contributed by atoms with Crippen LogP contribution in [0.1, 0.15) is 65.7 Å². The summed E-state index contributed by atoms with van der Waals surface area (Å²) in [4.78, 5) is 0. The van der Waals surface area contributed by atoms with Gasteiger partial charge in [0.15, 0.2) is 0 Å². The second kappa shape index (κ2) is 11.9. The standard InChI is InChI=1S/C15H33NO2/c1-4-6-7-8-12-18-13-9-10-15(3,14-17)16-11-5-2/h16-17H,4-14H2,1-3H3. The number of unbranched alkanes of at least 4 members (excludes halogenated alkanes) is 3. The lowest BCUT2D eigenvalue weighted by atomic mass is 9.97. The summed E-state index contributed by atoms with van der Waals surface area (Å²) in [6.07, 6.45) is 8.14. The maximum atomic E-state index is 9.41. The van der Waals surface area contributed by atoms with E-state index in [1.807, 2.05) is 0 Å². The SMILES string of the molecule is CCCCCCOCCCC(C)(CO)NCCC. The number of aliphatic hydroxyl groups excluding tert-OH is 1. The third-order valence-corrected chi connectivity index (χ3v) is 3.31. The highest BCUT2D eigenvalue weighted by molar-refractivity contribution is 4.81. The van der Waals surface area contributed by atoms with Crippen LogP contribution in [0.2, 0.25) is 0 Å². The van der Waals surface area contributed by atoms with Gasteiger partial charge >= 0.3 is 0 Å². The van der Waals surface area contributed by atoms with Crippen molar-refractivity contribution in [2.75, 3.05) is 26.4 Å². The van der Waals surface area contributed by atoms with Crippen molar-refractivity contribution >= 4 is 0 Å². The highest BCUT2D eigenvalue weighted by Crippen LogP contribution is 2.11. The van der Waals surface area contributed by atoms with E-state index in [9.17, 15) is 5.11 Å². The molecule has 3 heteroatoms. The first-order chi connectivity index (χ1) is 8.68. The van der Waals surface area contributed by atoms with E-state index in [0.717, 1.165) is 39.0 Å². The summed E-state index contributed by atoms with van der Waals surface area (Å²) in [7, 11) is 0. The Bertz CT molecular complexity index is 176. The minimum absolute atomic E-state index is 0.137. The van der Waals surface area contributed by atoms with Gasteiger partial charge in [0.05, 0.1) is 6.61 Å². The van der Waals surface area contributed by atoms with Crippen molar-refractivity contribution in [3.8, 4) is 0 Å². The summed E-state index contributed by atoms with van der Waals surface area (Å²) < 4.78 is 5.62. The molecule has 0 saturated carbocycles. The molecule has 110 valence electrons. The van der Waals surface area contributed by atoms with Crippen molar-refractivity contribution in [2.45, 2.75) is 71.3 Å². The molecule has 1 unspecified atom stereocenters. The zero-order valence-electron chi connectivity index (χ0n) is 12.6. The van der Waals surface area contributed by atoms with Crippen molar-refractivity contribution in [1.82, 2.24) is 5.32 Å². The summed E-state index contributed by atoms with van der Waals surface area (Å²) in [6, 6.07) is 0. The Balaban J connectivity index is 3.44. The van der Waals surface area contributed by atoms with Gasteiger partial charge in [0, 0.05) is 18.8 Å². The average molecular weight is 259 g/mol. The van der Waals surface area contributed by atoms with Gasteiger partial charge < -0.3 is 15.2 Å². The number of hydrogen-bond donors (Lipinski definition) is 2. The molecular formula is C15H33NO2. The minimum atomic E-state index is -0.137. The van der Waals surface area contributed by atoms with Crippen LogP contribution in [0.15, 0.2) is 0 Å². The fourth-order valence-corrected chi connectivity index (χ4v) is 1.95. The van der Waals surface area contributed by atoms with Crippen molar-refractivity contribution in [3.63, 3.8) is 0 Å². The van der Waals surface area contributed by atoms with Gasteiger partial charge in [-0.05, 0) is 39.2 Å². The number of rotatable bonds is 13. The molecule has 0 radical (unpaired) electrons. The molecule has 0 amide bonds. The van der Waals surface area contributed by atoms with Crippen molar-refractivity contribution in [3.05, 3.63) is 0 Å². The van der Waals surface area contributed by atoms with Crippen LogP contribution in [0.4, 0.5) is 0 Å². The Kier molecular flexibility index (Phi) is 11.9. The zero-order valence-corrected chi connectivity index (χ0v) is 12.6. The van der Waals surface area contributed by atoms with Crippen LogP contribution >= 0.6 is 0 Å². The average Bonchev–Trinajstić information content (AvgIpc) is 2.39. The molecule has 0 aliphatic rings. The molecule has 0 aromatic rings. The largest absolute Gasteiger partial charge is 0.394 e. The van der Waals surface area contributed by atoms with Crippen LogP contribution in [0, 0.1) is 0 Å². The molecule has 0 rings (SSSR count). The molecule has 3 nitrogen and oxygen atoms in total. The number of aliphatic hydroxyl groups is 1. The van der Waals surface area contributed by atoms with E-state index < -0.39 is 0 Å². The minimum Gasteiger partial charge on any atom is -0.394 e. The molecule has 0 bridgehead atoms. The van der Waals surface area contributed by atoms with E-state index in [0.29, 0.717) is 0 Å². The van der Waals surface area contributed by atoms with E-state index in [-0.39, 0.29) is 12.1 Å². The molecule has 0 aliphatic carbocycles. The summed E-state index contributed by atoms with van der Waals surface area (Å²) in [5, 5.41) is 12.8. The van der Waals surface area contributed by atoms with Gasteiger partial charge in [-0.1, -0.05) is 33.1 Å². The normalized spacial score (nSPS) is 14.7. The molecule has 18 heavy (non-hydrogen) atoms. The lowest BCUT2D eigenvalue weighted by molar-refractivity contribution is 0.107. The zero-order chi connectivity index (χ0) is 13.7. The van der Waals surface area contributed by atoms with Gasteiger partial charge in [0.25, 0.3) is 0 Å². The van der Waals surface area contributed by atoms with Crippen LogP contribution in [0.3, 0.4) is 0 Å². The molecule has 1 atom stereocenters. The van der Waals surface area contributed by atoms with E-state index in [2.05, 4.69) is 26.1 Å². The van der Waals surface area contributed by atoms with Crippen LogP contribution < -0.4 is 5.32 Å². The van der Waals surface area contributed by atoms with Gasteiger partial charge in [0.2, 0.25) is 0 Å². The molecule has 0 saturated heterocycles. The first-order valence-corrected chi connectivity index (χ1v) is 7.62. The molecule has 2 N–H and O–H groups in total. The predicted molar refractivity (Wildman–Crippen MR) is 78.0 cm³/mol. The first-order valence-electron chi connectivity index (χ1n) is 7.62. The Morgan fingerprint density at radius 3 is 2.33 bits per heavy atom. The summed E-state index contributed by atoms with van der Waals surface area (Å²) >= 11 is 0. The molecular weight excluding hydrogens is 226 g/mol. The lowest BCUT2D eigenvalue weighted by Gasteiger charge is -2.28. The van der Waals surface area contributed by atoms with Gasteiger partial charge in [-0.25, -0.2) is 0 Å². The van der Waals surface area contributed by atoms with E-state index in [1.165, 1.54) is 25.7 Å². The van der Waals surface area contributed by atoms with Crippen LogP contribution in [-0.4, -0.2) is 37.0 Å². The van der Waals surface area contributed by atoms with Crippen molar-refractivity contribution in [2.24, 2.45) is 0 Å². The van der Waals surface area contributed by atoms with Gasteiger partial charge in [0.1, 0.15) is 0 Å². The Labute approximate surface area is 113 Å². The highest BCUT2D eigenvalue weighted by Gasteiger charge is 2.21. The maximum Gasteiger partial charge on any atom is 0.0610 e. The Hall–Kier alpha value is -0.120. The van der Waals surface area contributed by atoms with Crippen LogP contribution in [-0.2, 0) is 4.74 Å². The summed E-state index contributed by atoms with van der Waals surface area (Å²) in [5.74, 6) is 0. The molecule has 0 heterocycles. The molecule has 0 aromatic carbocycles. The Morgan fingerprint density at radius 2 is 1.72 bits per heavy atom. The number of nitrogens with one attached hydrogen (secondary N) is 1. The quantitative estimate of drug-likeness (QED) is 0.499. The fourth-order valence-electron chi connectivity index (χ4n) is 1.95. The topological polar surface area (TPSA) is 41.5 Å². The monoisotopic (exact) mass is 259 g/mol. The van der Waals surface area contributed by atoms with Gasteiger partial charge in [-0.2, -0.15) is 0 Å². The van der Waals surface area contributed by atoms with Crippen LogP contribution in [0.25, 0.3) is 0 Å². The fraction of sp³-hybridized carbons (Fsp3) is 1.00. The van der Waals surface area contributed by atoms with Gasteiger partial charge in [-0.15, -0.1) is 0 Å². The highest BCUT2D eigenvalue weighted by atomic mass is 16.5. The molecule has 0 aliphatic heterocycles. The predicted octanol–water partition coefficient (Wildman–Crippen LogP) is 3.11. The second-order valence-electron chi connectivity index (χ2n) is 5.42. The van der Waals surface area contributed by atoms with E-state index in [4.69, 9.17) is 4.74 Å². The third-order valence-electron chi connectivity index (χ3n) is 3.31. The molecule has 0 aromatic heterocycles. The molecule has 0 spiro atoms. The van der Waals surface area contributed by atoms with Crippen molar-refractivity contribution in [1.29, 1.82) is 0 Å². The second-order valence-corrected chi connectivity index (χ2v) is 5.42. The van der Waals surface area contributed by atoms with Crippen LogP contribution in [0.5, 0.6) is 0 Å². The van der Waals surface area contributed by atoms with E-state index in [1.54, 1.807) is 0 Å². The van der Waals surface area contributed by atoms with E-state index >= 15 is 0 Å². The van der Waals surface area contributed by atoms with Gasteiger partial charge in [-0.3, -0.25) is 0 Å². The Morgan fingerprint density at radius 1 is 1.00 bits per heavy atom. The smallest absolute Gasteiger partial charge is 0.0610 e. The lowest BCUT2D eigenvalue weighted by Crippen LogP contribution is -2.46. The first kappa shape index (κ1) is 17.9. The molecule has 0 fully saturated rings. The van der Waals surface area contributed by atoms with Crippen molar-refractivity contribution < 1.29 is 9.84 Å². The third kappa shape index (κ3) is 9.86. The summed E-state index contributed by atoms with van der Waals surface area (Å²) in [6.45, 7) is 9.32. The number of hydrogen-bond acceptors (Lipinski definition) is 3.